The molecule has 0 saturated carbocycles. The summed E-state index contributed by atoms with van der Waals surface area (Å²) in [4.78, 5) is 23.7. The third kappa shape index (κ3) is 5.20. The molecule has 1 aromatic rings. The normalized spacial score (nSPS) is 12.5. The number of halogens is 1. The Balaban J connectivity index is 3.10. The van der Waals surface area contributed by atoms with E-state index >= 15 is 0 Å². The maximum absolute atomic E-state index is 11.9. The van der Waals surface area contributed by atoms with Gasteiger partial charge in [0.2, 0.25) is 0 Å². The number of benzene rings is 1. The van der Waals surface area contributed by atoms with Crippen molar-refractivity contribution >= 4 is 29.4 Å². The topological polar surface area (TPSA) is 90.6 Å². The van der Waals surface area contributed by atoms with Crippen molar-refractivity contribution in [3.8, 4) is 0 Å². The molecule has 1 unspecified atom stereocenters. The Morgan fingerprint density at radius 2 is 2.00 bits per heavy atom. The summed E-state index contributed by atoms with van der Waals surface area (Å²) in [6.45, 7) is 5.29. The second-order valence-electron chi connectivity index (χ2n) is 5.67. The molecule has 0 aliphatic heterocycles. The Morgan fingerprint density at radius 1 is 1.36 bits per heavy atom. The first kappa shape index (κ1) is 18.3. The fraction of sp³-hybridized carbons (Fsp3) is 0.467. The number of carbonyl (C=O) groups is 2. The first-order valence-electron chi connectivity index (χ1n) is 6.75. The van der Waals surface area contributed by atoms with E-state index in [0.717, 1.165) is 0 Å². The van der Waals surface area contributed by atoms with E-state index in [0.29, 0.717) is 16.3 Å². The highest BCUT2D eigenvalue weighted by Gasteiger charge is 2.25. The van der Waals surface area contributed by atoms with Crippen molar-refractivity contribution in [1.29, 1.82) is 0 Å². The molecule has 0 aliphatic rings. The zero-order valence-electron chi connectivity index (χ0n) is 13.1. The lowest BCUT2D eigenvalue weighted by molar-refractivity contribution is -0.142. The van der Waals surface area contributed by atoms with Gasteiger partial charge in [-0.05, 0) is 44.5 Å². The predicted octanol–water partition coefficient (Wildman–Crippen LogP) is 2.90. The van der Waals surface area contributed by atoms with Gasteiger partial charge < -0.3 is 15.2 Å². The standard InChI is InChI=1S/C15H21ClN2O4/c1-15(2,3)22-14(20)18-12-6-5-9(16)7-10(12)11(8-17)13(19)21-4/h5-7,11H,8,17H2,1-4H3,(H,18,20). The molecule has 1 amide bonds. The Morgan fingerprint density at radius 3 is 2.50 bits per heavy atom. The minimum absolute atomic E-state index is 0.0238. The van der Waals surface area contributed by atoms with Crippen molar-refractivity contribution in [2.24, 2.45) is 5.73 Å². The molecule has 1 aromatic carbocycles. The summed E-state index contributed by atoms with van der Waals surface area (Å²) < 4.78 is 9.93. The van der Waals surface area contributed by atoms with Crippen molar-refractivity contribution in [1.82, 2.24) is 0 Å². The van der Waals surface area contributed by atoms with E-state index in [1.54, 1.807) is 39.0 Å². The van der Waals surface area contributed by atoms with E-state index in [-0.39, 0.29) is 6.54 Å². The smallest absolute Gasteiger partial charge is 0.412 e. The molecule has 1 atom stereocenters. The van der Waals surface area contributed by atoms with E-state index in [4.69, 9.17) is 26.8 Å². The highest BCUT2D eigenvalue weighted by molar-refractivity contribution is 6.30. The van der Waals surface area contributed by atoms with Crippen LogP contribution in [0, 0.1) is 0 Å². The van der Waals surface area contributed by atoms with Crippen LogP contribution in [0.1, 0.15) is 32.3 Å². The van der Waals surface area contributed by atoms with Crippen LogP contribution in [0.25, 0.3) is 0 Å². The summed E-state index contributed by atoms with van der Waals surface area (Å²) in [6.07, 6.45) is -0.628. The van der Waals surface area contributed by atoms with Gasteiger partial charge in [0.1, 0.15) is 5.60 Å². The summed E-state index contributed by atoms with van der Waals surface area (Å²) >= 11 is 5.97. The van der Waals surface area contributed by atoms with Crippen LogP contribution in [0.5, 0.6) is 0 Å². The first-order valence-corrected chi connectivity index (χ1v) is 7.13. The van der Waals surface area contributed by atoms with Crippen LogP contribution in [0.15, 0.2) is 18.2 Å². The SMILES string of the molecule is COC(=O)C(CN)c1cc(Cl)ccc1NC(=O)OC(C)(C)C. The van der Waals surface area contributed by atoms with E-state index in [2.05, 4.69) is 5.32 Å². The van der Waals surface area contributed by atoms with Gasteiger partial charge in [0.15, 0.2) is 0 Å². The monoisotopic (exact) mass is 328 g/mol. The van der Waals surface area contributed by atoms with Crippen molar-refractivity contribution in [3.63, 3.8) is 0 Å². The molecule has 0 heterocycles. The van der Waals surface area contributed by atoms with Crippen LogP contribution in [0.2, 0.25) is 5.02 Å². The number of nitrogens with one attached hydrogen (secondary N) is 1. The van der Waals surface area contributed by atoms with Crippen molar-refractivity contribution in [2.45, 2.75) is 32.3 Å². The Bertz CT molecular complexity index is 555. The molecule has 0 bridgehead atoms. The molecule has 0 saturated heterocycles. The largest absolute Gasteiger partial charge is 0.469 e. The zero-order chi connectivity index (χ0) is 16.9. The Hall–Kier alpha value is -1.79. The number of amides is 1. The van der Waals surface area contributed by atoms with Crippen LogP contribution < -0.4 is 11.1 Å². The minimum atomic E-state index is -0.728. The molecular weight excluding hydrogens is 308 g/mol. The van der Waals surface area contributed by atoms with Gasteiger partial charge >= 0.3 is 12.1 Å². The lowest BCUT2D eigenvalue weighted by Crippen LogP contribution is -2.29. The Kier molecular flexibility index (Phi) is 6.20. The highest BCUT2D eigenvalue weighted by atomic mass is 35.5. The van der Waals surface area contributed by atoms with Crippen molar-refractivity contribution < 1.29 is 19.1 Å². The number of hydrogen-bond acceptors (Lipinski definition) is 5. The minimum Gasteiger partial charge on any atom is -0.469 e. The van der Waals surface area contributed by atoms with Crippen LogP contribution in [0.4, 0.5) is 10.5 Å². The molecule has 0 aliphatic carbocycles. The van der Waals surface area contributed by atoms with Gasteiger partial charge in [-0.25, -0.2) is 4.79 Å². The van der Waals surface area contributed by atoms with Crippen LogP contribution in [-0.4, -0.2) is 31.3 Å². The number of esters is 1. The van der Waals surface area contributed by atoms with Crippen molar-refractivity contribution in [2.75, 3.05) is 19.0 Å². The van der Waals surface area contributed by atoms with Crippen LogP contribution in [0.3, 0.4) is 0 Å². The van der Waals surface area contributed by atoms with Gasteiger partial charge in [0.25, 0.3) is 0 Å². The fourth-order valence-electron chi connectivity index (χ4n) is 1.84. The quantitative estimate of drug-likeness (QED) is 0.829. The third-order valence-electron chi connectivity index (χ3n) is 2.75. The second-order valence-corrected chi connectivity index (χ2v) is 6.11. The molecule has 0 fully saturated rings. The first-order chi connectivity index (χ1) is 10.2. The van der Waals surface area contributed by atoms with Gasteiger partial charge in [0.05, 0.1) is 13.0 Å². The summed E-state index contributed by atoms with van der Waals surface area (Å²) in [6, 6.07) is 4.76. The average Bonchev–Trinajstić information content (AvgIpc) is 2.40. The van der Waals surface area contributed by atoms with E-state index in [9.17, 15) is 9.59 Å². The lowest BCUT2D eigenvalue weighted by atomic mass is 9.97. The van der Waals surface area contributed by atoms with Gasteiger partial charge in [-0.15, -0.1) is 0 Å². The summed E-state index contributed by atoms with van der Waals surface area (Å²) in [5, 5.41) is 3.03. The average molecular weight is 329 g/mol. The molecule has 0 spiro atoms. The van der Waals surface area contributed by atoms with Crippen LogP contribution >= 0.6 is 11.6 Å². The third-order valence-corrected chi connectivity index (χ3v) is 2.98. The lowest BCUT2D eigenvalue weighted by Gasteiger charge is -2.22. The number of nitrogens with two attached hydrogens (primary N) is 1. The molecule has 22 heavy (non-hydrogen) atoms. The van der Waals surface area contributed by atoms with E-state index in [1.165, 1.54) is 7.11 Å². The van der Waals surface area contributed by atoms with Gasteiger partial charge in [0, 0.05) is 17.3 Å². The Labute approximate surface area is 134 Å². The summed E-state index contributed by atoms with van der Waals surface area (Å²) in [5.41, 5.74) is 5.89. The van der Waals surface area contributed by atoms with Gasteiger partial charge in [-0.2, -0.15) is 0 Å². The number of ether oxygens (including phenoxy) is 2. The number of rotatable bonds is 4. The molecule has 7 heteroatoms. The number of methoxy groups -OCH3 is 1. The van der Waals surface area contributed by atoms with Gasteiger partial charge in [-0.1, -0.05) is 11.6 Å². The molecule has 122 valence electrons. The second kappa shape index (κ2) is 7.47. The van der Waals surface area contributed by atoms with E-state index < -0.39 is 23.6 Å². The molecule has 0 aromatic heterocycles. The molecule has 0 radical (unpaired) electrons. The predicted molar refractivity (Wildman–Crippen MR) is 85.1 cm³/mol. The summed E-state index contributed by atoms with van der Waals surface area (Å²) in [7, 11) is 1.27. The fourth-order valence-corrected chi connectivity index (χ4v) is 2.02. The maximum Gasteiger partial charge on any atom is 0.412 e. The zero-order valence-corrected chi connectivity index (χ0v) is 13.9. The molecule has 3 N–H and O–H groups in total. The maximum atomic E-state index is 11.9. The van der Waals surface area contributed by atoms with E-state index in [1.807, 2.05) is 0 Å². The van der Waals surface area contributed by atoms with Gasteiger partial charge in [-0.3, -0.25) is 10.1 Å². The number of anilines is 1. The molecule has 6 nitrogen and oxygen atoms in total. The number of hydrogen-bond donors (Lipinski definition) is 2. The highest BCUT2D eigenvalue weighted by Crippen LogP contribution is 2.29. The number of carbonyl (C=O) groups excluding carboxylic acids is 2. The molecular formula is C15H21ClN2O4. The van der Waals surface area contributed by atoms with Crippen LogP contribution in [-0.2, 0) is 14.3 Å². The summed E-state index contributed by atoms with van der Waals surface area (Å²) in [5.74, 6) is -1.23. The molecule has 1 rings (SSSR count). The van der Waals surface area contributed by atoms with Crippen molar-refractivity contribution in [3.05, 3.63) is 28.8 Å².